The molecule has 6 nitrogen and oxygen atoms in total. The monoisotopic (exact) mass is 375 g/mol. The summed E-state index contributed by atoms with van der Waals surface area (Å²) in [6, 6.07) is 13.6. The van der Waals surface area contributed by atoms with Crippen LogP contribution in [0, 0.1) is 0 Å². The topological polar surface area (TPSA) is 70.2 Å². The van der Waals surface area contributed by atoms with E-state index in [1.54, 1.807) is 30.9 Å². The summed E-state index contributed by atoms with van der Waals surface area (Å²) in [5.74, 6) is -0.187. The first-order valence-corrected chi connectivity index (χ1v) is 9.43. The second kappa shape index (κ2) is 9.50. The molecule has 6 heteroatoms. The van der Waals surface area contributed by atoms with Crippen LogP contribution in [0.5, 0.6) is 0 Å². The number of carbonyl (C=O) groups is 1. The molecule has 1 amide bonds. The normalized spacial score (nSPS) is 10.4. The van der Waals surface area contributed by atoms with Crippen LogP contribution in [-0.4, -0.2) is 29.0 Å². The summed E-state index contributed by atoms with van der Waals surface area (Å²) in [6.07, 6.45) is 6.81. The standard InChI is InChI=1S/C22H25N5O/c1-3-27(4-2)21-9-7-19(8-10-21)26-22(28)18-12-20(16-24-15-18)25-14-17-6-5-11-23-13-17/h5-13,15-16,25H,3-4,14H2,1-2H3,(H,26,28). The van der Waals surface area contributed by atoms with E-state index in [2.05, 4.69) is 39.3 Å². The SMILES string of the molecule is CCN(CC)c1ccc(NC(=O)c2cncc(NCc3cccnc3)c2)cc1. The van der Waals surface area contributed by atoms with Gasteiger partial charge in [0.2, 0.25) is 0 Å². The van der Waals surface area contributed by atoms with Gasteiger partial charge in [0.25, 0.3) is 5.91 Å². The van der Waals surface area contributed by atoms with Crippen LogP contribution in [-0.2, 0) is 6.54 Å². The van der Waals surface area contributed by atoms with Crippen molar-refractivity contribution in [2.24, 2.45) is 0 Å². The van der Waals surface area contributed by atoms with E-state index in [-0.39, 0.29) is 5.91 Å². The molecule has 0 unspecified atom stereocenters. The predicted octanol–water partition coefficient (Wildman–Crippen LogP) is 4.19. The van der Waals surface area contributed by atoms with Crippen LogP contribution >= 0.6 is 0 Å². The maximum Gasteiger partial charge on any atom is 0.257 e. The summed E-state index contributed by atoms with van der Waals surface area (Å²) in [5.41, 5.74) is 4.25. The van der Waals surface area contributed by atoms with Crippen molar-refractivity contribution >= 4 is 23.0 Å². The zero-order valence-electron chi connectivity index (χ0n) is 16.2. The molecule has 0 saturated heterocycles. The smallest absolute Gasteiger partial charge is 0.257 e. The van der Waals surface area contributed by atoms with Gasteiger partial charge in [-0.3, -0.25) is 14.8 Å². The van der Waals surface area contributed by atoms with Gasteiger partial charge in [-0.25, -0.2) is 0 Å². The Balaban J connectivity index is 1.62. The molecule has 0 bridgehead atoms. The number of benzene rings is 1. The highest BCUT2D eigenvalue weighted by Gasteiger charge is 2.09. The number of rotatable bonds is 8. The van der Waals surface area contributed by atoms with E-state index in [0.29, 0.717) is 12.1 Å². The van der Waals surface area contributed by atoms with Crippen LogP contribution in [0.15, 0.2) is 67.3 Å². The summed E-state index contributed by atoms with van der Waals surface area (Å²) >= 11 is 0. The molecule has 0 aliphatic rings. The van der Waals surface area contributed by atoms with Crippen molar-refractivity contribution < 1.29 is 4.79 Å². The number of pyridine rings is 2. The van der Waals surface area contributed by atoms with Crippen molar-refractivity contribution in [1.29, 1.82) is 0 Å². The maximum absolute atomic E-state index is 12.6. The van der Waals surface area contributed by atoms with Gasteiger partial charge in [0, 0.05) is 55.8 Å². The van der Waals surface area contributed by atoms with Gasteiger partial charge in [-0.05, 0) is 55.8 Å². The fourth-order valence-electron chi connectivity index (χ4n) is 2.92. The molecule has 1 aromatic carbocycles. The van der Waals surface area contributed by atoms with Crippen LogP contribution in [0.25, 0.3) is 0 Å². The van der Waals surface area contributed by atoms with Crippen molar-refractivity contribution in [2.75, 3.05) is 28.6 Å². The first-order chi connectivity index (χ1) is 13.7. The third kappa shape index (κ3) is 5.07. The van der Waals surface area contributed by atoms with Crippen LogP contribution in [0.3, 0.4) is 0 Å². The van der Waals surface area contributed by atoms with Crippen molar-refractivity contribution in [3.8, 4) is 0 Å². The molecule has 0 spiro atoms. The highest BCUT2D eigenvalue weighted by atomic mass is 16.1. The summed E-state index contributed by atoms with van der Waals surface area (Å²) in [4.78, 5) is 23.1. The molecule has 0 atom stereocenters. The first-order valence-electron chi connectivity index (χ1n) is 9.43. The Morgan fingerprint density at radius 2 is 1.75 bits per heavy atom. The molecule has 2 aromatic heterocycles. The molecule has 0 radical (unpaired) electrons. The number of carbonyl (C=O) groups excluding carboxylic acids is 1. The number of nitrogens with one attached hydrogen (secondary N) is 2. The molecule has 2 N–H and O–H groups in total. The molecule has 2 heterocycles. The molecule has 0 fully saturated rings. The van der Waals surface area contributed by atoms with Crippen molar-refractivity contribution in [3.63, 3.8) is 0 Å². The maximum atomic E-state index is 12.6. The predicted molar refractivity (Wildman–Crippen MR) is 114 cm³/mol. The number of hydrogen-bond acceptors (Lipinski definition) is 5. The van der Waals surface area contributed by atoms with Gasteiger partial charge in [0.05, 0.1) is 11.3 Å². The van der Waals surface area contributed by atoms with Crippen molar-refractivity contribution in [2.45, 2.75) is 20.4 Å². The number of anilines is 3. The van der Waals surface area contributed by atoms with E-state index in [4.69, 9.17) is 0 Å². The molecule has 0 saturated carbocycles. The van der Waals surface area contributed by atoms with Crippen molar-refractivity contribution in [1.82, 2.24) is 9.97 Å². The number of nitrogens with zero attached hydrogens (tertiary/aromatic N) is 3. The Morgan fingerprint density at radius 1 is 0.964 bits per heavy atom. The lowest BCUT2D eigenvalue weighted by atomic mass is 10.2. The van der Waals surface area contributed by atoms with Gasteiger partial charge in [-0.2, -0.15) is 0 Å². The van der Waals surface area contributed by atoms with E-state index in [1.165, 1.54) is 0 Å². The average Bonchev–Trinajstić information content (AvgIpc) is 2.75. The van der Waals surface area contributed by atoms with Gasteiger partial charge < -0.3 is 15.5 Å². The Labute approximate surface area is 165 Å². The van der Waals surface area contributed by atoms with Crippen LogP contribution in [0.2, 0.25) is 0 Å². The largest absolute Gasteiger partial charge is 0.380 e. The Bertz CT molecular complexity index is 892. The highest BCUT2D eigenvalue weighted by Crippen LogP contribution is 2.19. The Kier molecular flexibility index (Phi) is 6.57. The summed E-state index contributed by atoms with van der Waals surface area (Å²) in [7, 11) is 0. The Morgan fingerprint density at radius 3 is 2.43 bits per heavy atom. The summed E-state index contributed by atoms with van der Waals surface area (Å²) in [6.45, 7) is 6.77. The third-order valence-corrected chi connectivity index (χ3v) is 4.47. The van der Waals surface area contributed by atoms with Gasteiger partial charge in [0.15, 0.2) is 0 Å². The first kappa shape index (κ1) is 19.4. The molecule has 3 rings (SSSR count). The van der Waals surface area contributed by atoms with E-state index < -0.39 is 0 Å². The second-order valence-electron chi connectivity index (χ2n) is 6.35. The van der Waals surface area contributed by atoms with Crippen LogP contribution < -0.4 is 15.5 Å². The molecule has 28 heavy (non-hydrogen) atoms. The van der Waals surface area contributed by atoms with Gasteiger partial charge >= 0.3 is 0 Å². The molecular formula is C22H25N5O. The minimum atomic E-state index is -0.187. The number of hydrogen-bond donors (Lipinski definition) is 2. The number of aromatic nitrogens is 2. The quantitative estimate of drug-likeness (QED) is 0.618. The molecule has 144 valence electrons. The lowest BCUT2D eigenvalue weighted by molar-refractivity contribution is 0.102. The Hall–Kier alpha value is -3.41. The van der Waals surface area contributed by atoms with E-state index in [0.717, 1.165) is 35.7 Å². The van der Waals surface area contributed by atoms with E-state index in [9.17, 15) is 4.79 Å². The van der Waals surface area contributed by atoms with Gasteiger partial charge in [-0.15, -0.1) is 0 Å². The van der Waals surface area contributed by atoms with Crippen LogP contribution in [0.4, 0.5) is 17.1 Å². The van der Waals surface area contributed by atoms with E-state index >= 15 is 0 Å². The molecular weight excluding hydrogens is 350 g/mol. The van der Waals surface area contributed by atoms with Gasteiger partial charge in [0.1, 0.15) is 0 Å². The summed E-state index contributed by atoms with van der Waals surface area (Å²) < 4.78 is 0. The lowest BCUT2D eigenvalue weighted by Crippen LogP contribution is -2.21. The number of amides is 1. The minimum absolute atomic E-state index is 0.187. The van der Waals surface area contributed by atoms with Crippen LogP contribution in [0.1, 0.15) is 29.8 Å². The fraction of sp³-hybridized carbons (Fsp3) is 0.227. The fourth-order valence-corrected chi connectivity index (χ4v) is 2.92. The third-order valence-electron chi connectivity index (χ3n) is 4.47. The zero-order chi connectivity index (χ0) is 19.8. The average molecular weight is 375 g/mol. The molecule has 0 aliphatic carbocycles. The zero-order valence-corrected chi connectivity index (χ0v) is 16.2. The van der Waals surface area contributed by atoms with E-state index in [1.807, 2.05) is 36.4 Å². The van der Waals surface area contributed by atoms with Gasteiger partial charge in [-0.1, -0.05) is 6.07 Å². The van der Waals surface area contributed by atoms with Crippen molar-refractivity contribution in [3.05, 3.63) is 78.4 Å². The highest BCUT2D eigenvalue weighted by molar-refractivity contribution is 6.04. The summed E-state index contributed by atoms with van der Waals surface area (Å²) in [5, 5.41) is 6.19. The lowest BCUT2D eigenvalue weighted by Gasteiger charge is -2.21. The minimum Gasteiger partial charge on any atom is -0.380 e. The molecule has 3 aromatic rings. The molecule has 0 aliphatic heterocycles. The second-order valence-corrected chi connectivity index (χ2v) is 6.35.